The Morgan fingerprint density at radius 3 is 2.47 bits per heavy atom. The quantitative estimate of drug-likeness (QED) is 0.214. The number of benzene rings is 2. The number of rotatable bonds is 8. The number of hydrogen-bond donors (Lipinski definition) is 2. The molecule has 0 aliphatic carbocycles. The van der Waals surface area contributed by atoms with E-state index in [4.69, 9.17) is 9.88 Å². The number of nitrogens with two attached hydrogens (primary N) is 1. The maximum atomic E-state index is 11.9. The highest BCUT2D eigenvalue weighted by atomic mass is 32.2. The molecule has 0 amide bonds. The number of anilines is 1. The number of primary sulfonamides is 1. The highest BCUT2D eigenvalue weighted by Crippen LogP contribution is 2.27. The fourth-order valence-electron chi connectivity index (χ4n) is 3.38. The zero-order valence-electron chi connectivity index (χ0n) is 18.7. The number of nitrogens with zero attached hydrogens (tertiary/aromatic N) is 3. The minimum absolute atomic E-state index is 0.0111. The van der Waals surface area contributed by atoms with E-state index in [1.165, 1.54) is 12.3 Å². The molecular weight excluding hydrogens is 462 g/mol. The standard InChI is InChI=1S/C22H23N5O6S/c1-4-33-22(28)16-5-7-18(8-6-16)26-14(2)11-17(15(26)3)13-24-25-20-10-9-19(34(23,31)32)12-21(20)27(29)30/h5-13,25H,4H2,1-3H3,(H2,23,31,32)/b24-13-. The Morgan fingerprint density at radius 1 is 1.21 bits per heavy atom. The Labute approximate surface area is 196 Å². The number of hydrazone groups is 1. The van der Waals surface area contributed by atoms with Gasteiger partial charge in [0.1, 0.15) is 5.69 Å². The van der Waals surface area contributed by atoms with E-state index < -0.39 is 20.6 Å². The van der Waals surface area contributed by atoms with Crippen molar-refractivity contribution in [2.75, 3.05) is 12.0 Å². The van der Waals surface area contributed by atoms with E-state index in [1.807, 2.05) is 36.6 Å². The minimum atomic E-state index is -4.08. The second-order valence-corrected chi connectivity index (χ2v) is 8.84. The number of carbonyl (C=O) groups is 1. The van der Waals surface area contributed by atoms with Crippen molar-refractivity contribution < 1.29 is 22.9 Å². The van der Waals surface area contributed by atoms with E-state index in [0.29, 0.717) is 12.2 Å². The number of sulfonamides is 1. The van der Waals surface area contributed by atoms with Gasteiger partial charge < -0.3 is 9.30 Å². The summed E-state index contributed by atoms with van der Waals surface area (Å²) in [5, 5.41) is 20.5. The first-order valence-corrected chi connectivity index (χ1v) is 11.6. The fraction of sp³-hybridized carbons (Fsp3) is 0.182. The molecule has 0 unspecified atom stereocenters. The zero-order valence-corrected chi connectivity index (χ0v) is 19.5. The predicted octanol–water partition coefficient (Wildman–Crippen LogP) is 3.27. The minimum Gasteiger partial charge on any atom is -0.462 e. The molecule has 0 aliphatic rings. The summed E-state index contributed by atoms with van der Waals surface area (Å²) >= 11 is 0. The van der Waals surface area contributed by atoms with Gasteiger partial charge in [-0.15, -0.1) is 0 Å². The van der Waals surface area contributed by atoms with Crippen LogP contribution in [0.3, 0.4) is 0 Å². The Morgan fingerprint density at radius 2 is 1.88 bits per heavy atom. The van der Waals surface area contributed by atoms with Crippen LogP contribution in [-0.4, -0.2) is 36.7 Å². The highest BCUT2D eigenvalue weighted by molar-refractivity contribution is 7.89. The third kappa shape index (κ3) is 5.30. The smallest absolute Gasteiger partial charge is 0.338 e. The summed E-state index contributed by atoms with van der Waals surface area (Å²) in [7, 11) is -4.08. The second kappa shape index (κ2) is 9.85. The molecule has 2 aromatic carbocycles. The van der Waals surface area contributed by atoms with Crippen molar-refractivity contribution in [2.45, 2.75) is 25.7 Å². The number of ether oxygens (including phenoxy) is 1. The maximum absolute atomic E-state index is 11.9. The van der Waals surface area contributed by atoms with Crippen LogP contribution < -0.4 is 10.6 Å². The molecular formula is C22H23N5O6S. The Hall–Kier alpha value is -4.03. The van der Waals surface area contributed by atoms with Crippen LogP contribution in [0.15, 0.2) is 58.5 Å². The molecule has 34 heavy (non-hydrogen) atoms. The van der Waals surface area contributed by atoms with Gasteiger partial charge in [-0.2, -0.15) is 5.10 Å². The second-order valence-electron chi connectivity index (χ2n) is 7.28. The van der Waals surface area contributed by atoms with Gasteiger partial charge in [-0.25, -0.2) is 18.4 Å². The van der Waals surface area contributed by atoms with Crippen LogP contribution >= 0.6 is 0 Å². The molecule has 0 atom stereocenters. The summed E-state index contributed by atoms with van der Waals surface area (Å²) in [6, 6.07) is 12.1. The van der Waals surface area contributed by atoms with E-state index in [-0.39, 0.29) is 16.6 Å². The van der Waals surface area contributed by atoms with Crippen molar-refractivity contribution in [1.82, 2.24) is 4.57 Å². The number of nitro groups is 1. The topological polar surface area (TPSA) is 159 Å². The molecule has 0 fully saturated rings. The number of carbonyl (C=O) groups excluding carboxylic acids is 1. The van der Waals surface area contributed by atoms with Crippen LogP contribution in [0.2, 0.25) is 0 Å². The molecule has 178 valence electrons. The molecule has 0 saturated carbocycles. The number of nitro benzene ring substituents is 1. The fourth-order valence-corrected chi connectivity index (χ4v) is 3.92. The lowest BCUT2D eigenvalue weighted by atomic mass is 10.2. The molecule has 0 saturated heterocycles. The van der Waals surface area contributed by atoms with Crippen molar-refractivity contribution in [3.8, 4) is 5.69 Å². The average molecular weight is 486 g/mol. The molecule has 12 heteroatoms. The zero-order chi connectivity index (χ0) is 25.0. The lowest BCUT2D eigenvalue weighted by Gasteiger charge is -2.10. The number of aromatic nitrogens is 1. The van der Waals surface area contributed by atoms with Crippen molar-refractivity contribution in [3.05, 3.63) is 81.2 Å². The van der Waals surface area contributed by atoms with Crippen molar-refractivity contribution >= 4 is 33.6 Å². The third-order valence-corrected chi connectivity index (χ3v) is 5.90. The molecule has 0 radical (unpaired) electrons. The lowest BCUT2D eigenvalue weighted by molar-refractivity contribution is -0.384. The molecule has 3 rings (SSSR count). The van der Waals surface area contributed by atoms with Gasteiger partial charge in [0.05, 0.1) is 28.2 Å². The first kappa shape index (κ1) is 24.6. The van der Waals surface area contributed by atoms with Crippen LogP contribution in [0.25, 0.3) is 5.69 Å². The van der Waals surface area contributed by atoms with Crippen LogP contribution in [0, 0.1) is 24.0 Å². The first-order chi connectivity index (χ1) is 16.0. The van der Waals surface area contributed by atoms with Gasteiger partial charge in [0, 0.05) is 28.7 Å². The van der Waals surface area contributed by atoms with Gasteiger partial charge in [-0.1, -0.05) is 0 Å². The summed E-state index contributed by atoms with van der Waals surface area (Å²) < 4.78 is 29.9. The first-order valence-electron chi connectivity index (χ1n) is 10.1. The summed E-state index contributed by atoms with van der Waals surface area (Å²) in [4.78, 5) is 22.1. The molecule has 11 nitrogen and oxygen atoms in total. The van der Waals surface area contributed by atoms with E-state index in [9.17, 15) is 23.3 Å². The normalized spacial score (nSPS) is 11.5. The Bertz CT molecular complexity index is 1380. The van der Waals surface area contributed by atoms with Gasteiger partial charge in [0.2, 0.25) is 10.0 Å². The van der Waals surface area contributed by atoms with E-state index in [0.717, 1.165) is 34.8 Å². The summed E-state index contributed by atoms with van der Waals surface area (Å²) in [5.41, 5.74) is 5.92. The van der Waals surface area contributed by atoms with Crippen LogP contribution in [0.1, 0.15) is 34.2 Å². The average Bonchev–Trinajstić information content (AvgIpc) is 3.06. The molecule has 0 bridgehead atoms. The van der Waals surface area contributed by atoms with Gasteiger partial charge in [0.15, 0.2) is 0 Å². The van der Waals surface area contributed by atoms with Gasteiger partial charge in [-0.05, 0) is 63.2 Å². The Balaban J connectivity index is 1.84. The number of nitrogens with one attached hydrogen (secondary N) is 1. The lowest BCUT2D eigenvalue weighted by Crippen LogP contribution is -2.12. The largest absolute Gasteiger partial charge is 0.462 e. The maximum Gasteiger partial charge on any atom is 0.338 e. The summed E-state index contributed by atoms with van der Waals surface area (Å²) in [5.74, 6) is -0.389. The summed E-state index contributed by atoms with van der Waals surface area (Å²) in [6.07, 6.45) is 1.50. The number of esters is 1. The molecule has 0 aliphatic heterocycles. The molecule has 0 spiro atoms. The number of aryl methyl sites for hydroxylation is 1. The van der Waals surface area contributed by atoms with Crippen molar-refractivity contribution in [2.24, 2.45) is 10.2 Å². The van der Waals surface area contributed by atoms with Gasteiger partial charge in [0.25, 0.3) is 5.69 Å². The highest BCUT2D eigenvalue weighted by Gasteiger charge is 2.19. The van der Waals surface area contributed by atoms with Crippen LogP contribution in [-0.2, 0) is 14.8 Å². The SMILES string of the molecule is CCOC(=O)c1ccc(-n2c(C)cc(/C=N\Nc3ccc(S(N)(=O)=O)cc3[N+](=O)[O-])c2C)cc1. The number of hydrogen-bond acceptors (Lipinski definition) is 8. The van der Waals surface area contributed by atoms with E-state index >= 15 is 0 Å². The van der Waals surface area contributed by atoms with Gasteiger partial charge >= 0.3 is 5.97 Å². The van der Waals surface area contributed by atoms with E-state index in [2.05, 4.69) is 10.5 Å². The summed E-state index contributed by atoms with van der Waals surface area (Å²) in [6.45, 7) is 5.84. The Kier molecular flexibility index (Phi) is 7.13. The van der Waals surface area contributed by atoms with Crippen molar-refractivity contribution in [1.29, 1.82) is 0 Å². The molecule has 1 heterocycles. The predicted molar refractivity (Wildman–Crippen MR) is 127 cm³/mol. The monoisotopic (exact) mass is 485 g/mol. The van der Waals surface area contributed by atoms with Crippen LogP contribution in [0.4, 0.5) is 11.4 Å². The molecule has 3 aromatic rings. The third-order valence-electron chi connectivity index (χ3n) is 4.99. The van der Waals surface area contributed by atoms with E-state index in [1.54, 1.807) is 19.1 Å². The molecule has 3 N–H and O–H groups in total. The van der Waals surface area contributed by atoms with Gasteiger partial charge in [-0.3, -0.25) is 15.5 Å². The van der Waals surface area contributed by atoms with Crippen LogP contribution in [0.5, 0.6) is 0 Å². The van der Waals surface area contributed by atoms with Crippen molar-refractivity contribution in [3.63, 3.8) is 0 Å². The molecule has 1 aromatic heterocycles.